The zero-order chi connectivity index (χ0) is 13.3. The first-order chi connectivity index (χ1) is 8.45. The zero-order valence-electron chi connectivity index (χ0n) is 11.1. The maximum Gasteiger partial charge on any atom is 0.235 e. The smallest absolute Gasteiger partial charge is 0.235 e. The number of hydrogen-bond donors (Lipinski definition) is 1. The number of carbonyl (C=O) groups is 2. The third-order valence-corrected chi connectivity index (χ3v) is 3.99. The SMILES string of the molecule is CC(C)C1(C)CC(=O)N(CCc2cnc[nH]2)C1=O. The normalized spacial score (nSPS) is 24.3. The van der Waals surface area contributed by atoms with Crippen LogP contribution in [-0.4, -0.2) is 33.2 Å². The fourth-order valence-electron chi connectivity index (χ4n) is 2.24. The number of nitrogens with one attached hydrogen (secondary N) is 1. The lowest BCUT2D eigenvalue weighted by molar-refractivity contribution is -0.142. The van der Waals surface area contributed by atoms with Gasteiger partial charge in [0.05, 0.1) is 11.7 Å². The van der Waals surface area contributed by atoms with Gasteiger partial charge >= 0.3 is 0 Å². The van der Waals surface area contributed by atoms with E-state index >= 15 is 0 Å². The van der Waals surface area contributed by atoms with Crippen LogP contribution < -0.4 is 0 Å². The highest BCUT2D eigenvalue weighted by Gasteiger charge is 2.49. The lowest BCUT2D eigenvalue weighted by Crippen LogP contribution is -2.37. The highest BCUT2D eigenvalue weighted by atomic mass is 16.2. The molecular formula is C13H19N3O2. The van der Waals surface area contributed by atoms with E-state index < -0.39 is 5.41 Å². The first-order valence-corrected chi connectivity index (χ1v) is 6.27. The van der Waals surface area contributed by atoms with Gasteiger partial charge in [0.2, 0.25) is 11.8 Å². The molecule has 1 N–H and O–H groups in total. The Bertz CT molecular complexity index is 453. The van der Waals surface area contributed by atoms with Crippen molar-refractivity contribution in [1.29, 1.82) is 0 Å². The quantitative estimate of drug-likeness (QED) is 0.820. The number of hydrogen-bond acceptors (Lipinski definition) is 3. The Balaban J connectivity index is 2.06. The van der Waals surface area contributed by atoms with E-state index in [4.69, 9.17) is 0 Å². The lowest BCUT2D eigenvalue weighted by Gasteiger charge is -2.25. The molecule has 5 heteroatoms. The molecule has 1 aliphatic rings. The van der Waals surface area contributed by atoms with Crippen molar-refractivity contribution in [2.75, 3.05) is 6.54 Å². The molecule has 0 bridgehead atoms. The van der Waals surface area contributed by atoms with Crippen LogP contribution in [0.5, 0.6) is 0 Å². The molecule has 1 fully saturated rings. The van der Waals surface area contributed by atoms with Gasteiger partial charge in [-0.05, 0) is 12.8 Å². The average molecular weight is 249 g/mol. The number of amides is 2. The molecule has 1 atom stereocenters. The molecule has 0 spiro atoms. The predicted octanol–water partition coefficient (Wildman–Crippen LogP) is 1.37. The first-order valence-electron chi connectivity index (χ1n) is 6.27. The molecule has 1 aromatic heterocycles. The number of nitrogens with zero attached hydrogens (tertiary/aromatic N) is 2. The summed E-state index contributed by atoms with van der Waals surface area (Å²) in [6, 6.07) is 0. The summed E-state index contributed by atoms with van der Waals surface area (Å²) < 4.78 is 0. The number of rotatable bonds is 4. The van der Waals surface area contributed by atoms with Gasteiger partial charge in [-0.3, -0.25) is 14.5 Å². The highest BCUT2D eigenvalue weighted by molar-refractivity contribution is 6.05. The molecule has 5 nitrogen and oxygen atoms in total. The van der Waals surface area contributed by atoms with E-state index in [1.54, 1.807) is 12.5 Å². The summed E-state index contributed by atoms with van der Waals surface area (Å²) in [5.41, 5.74) is 0.402. The Morgan fingerprint density at radius 3 is 2.72 bits per heavy atom. The summed E-state index contributed by atoms with van der Waals surface area (Å²) in [7, 11) is 0. The van der Waals surface area contributed by atoms with E-state index in [1.165, 1.54) is 4.90 Å². The molecule has 18 heavy (non-hydrogen) atoms. The first kappa shape index (κ1) is 12.8. The minimum absolute atomic E-state index is 0.0398. The van der Waals surface area contributed by atoms with Crippen molar-refractivity contribution in [1.82, 2.24) is 14.9 Å². The summed E-state index contributed by atoms with van der Waals surface area (Å²) in [5, 5.41) is 0. The van der Waals surface area contributed by atoms with Gasteiger partial charge in [0.1, 0.15) is 0 Å². The minimum atomic E-state index is -0.537. The van der Waals surface area contributed by atoms with Crippen LogP contribution in [0.3, 0.4) is 0 Å². The molecule has 0 saturated carbocycles. The van der Waals surface area contributed by atoms with Gasteiger partial charge in [0.25, 0.3) is 0 Å². The maximum absolute atomic E-state index is 12.3. The van der Waals surface area contributed by atoms with Gasteiger partial charge in [0, 0.05) is 31.3 Å². The molecule has 0 aliphatic carbocycles. The van der Waals surface area contributed by atoms with Gasteiger partial charge in [-0.15, -0.1) is 0 Å². The van der Waals surface area contributed by atoms with E-state index in [-0.39, 0.29) is 17.7 Å². The van der Waals surface area contributed by atoms with Gasteiger partial charge in [0.15, 0.2) is 0 Å². The molecule has 0 radical (unpaired) electrons. The number of aromatic amines is 1. The summed E-state index contributed by atoms with van der Waals surface area (Å²) in [6.07, 6.45) is 4.27. The van der Waals surface area contributed by atoms with E-state index in [0.717, 1.165) is 5.69 Å². The molecule has 1 saturated heterocycles. The Labute approximate surface area is 107 Å². The number of carbonyl (C=O) groups excluding carboxylic acids is 2. The highest BCUT2D eigenvalue weighted by Crippen LogP contribution is 2.39. The van der Waals surface area contributed by atoms with Crippen molar-refractivity contribution in [3.8, 4) is 0 Å². The number of likely N-dealkylation sites (tertiary alicyclic amines) is 1. The number of imide groups is 1. The van der Waals surface area contributed by atoms with Gasteiger partial charge in [-0.1, -0.05) is 13.8 Å². The van der Waals surface area contributed by atoms with Crippen molar-refractivity contribution in [3.05, 3.63) is 18.2 Å². The summed E-state index contributed by atoms with van der Waals surface area (Å²) in [6.45, 7) is 6.30. The van der Waals surface area contributed by atoms with Crippen molar-refractivity contribution < 1.29 is 9.59 Å². The third-order valence-electron chi connectivity index (χ3n) is 3.99. The van der Waals surface area contributed by atoms with Crippen LogP contribution in [0.1, 0.15) is 32.9 Å². The predicted molar refractivity (Wildman–Crippen MR) is 66.6 cm³/mol. The van der Waals surface area contributed by atoms with Crippen LogP contribution in [0.4, 0.5) is 0 Å². The topological polar surface area (TPSA) is 66.1 Å². The minimum Gasteiger partial charge on any atom is -0.348 e. The standard InChI is InChI=1S/C13H19N3O2/c1-9(2)13(3)6-11(17)16(12(13)18)5-4-10-7-14-8-15-10/h7-9H,4-6H2,1-3H3,(H,14,15). The maximum atomic E-state index is 12.3. The summed E-state index contributed by atoms with van der Waals surface area (Å²) in [4.78, 5) is 32.5. The third kappa shape index (κ3) is 2.05. The Morgan fingerprint density at radius 1 is 1.50 bits per heavy atom. The second kappa shape index (κ2) is 4.55. The van der Waals surface area contributed by atoms with Crippen LogP contribution >= 0.6 is 0 Å². The van der Waals surface area contributed by atoms with Crippen LogP contribution in [0, 0.1) is 11.3 Å². The Hall–Kier alpha value is -1.65. The molecule has 98 valence electrons. The van der Waals surface area contributed by atoms with E-state index in [0.29, 0.717) is 19.4 Å². The van der Waals surface area contributed by atoms with Crippen molar-refractivity contribution in [2.24, 2.45) is 11.3 Å². The lowest BCUT2D eigenvalue weighted by atomic mass is 9.78. The molecule has 1 unspecified atom stereocenters. The second-order valence-corrected chi connectivity index (χ2v) is 5.43. The van der Waals surface area contributed by atoms with E-state index in [1.807, 2.05) is 20.8 Å². The van der Waals surface area contributed by atoms with Crippen molar-refractivity contribution >= 4 is 11.8 Å². The van der Waals surface area contributed by atoms with Gasteiger partial charge in [-0.2, -0.15) is 0 Å². The molecule has 2 amide bonds. The molecule has 1 aliphatic heterocycles. The Morgan fingerprint density at radius 2 is 2.22 bits per heavy atom. The second-order valence-electron chi connectivity index (χ2n) is 5.43. The molecule has 1 aromatic rings. The number of imidazole rings is 1. The van der Waals surface area contributed by atoms with Crippen molar-refractivity contribution in [2.45, 2.75) is 33.6 Å². The Kier molecular flexibility index (Phi) is 3.24. The molecular weight excluding hydrogens is 230 g/mol. The summed E-state index contributed by atoms with van der Waals surface area (Å²) in [5.74, 6) is 0.0730. The fourth-order valence-corrected chi connectivity index (χ4v) is 2.24. The van der Waals surface area contributed by atoms with Gasteiger partial charge < -0.3 is 4.98 Å². The van der Waals surface area contributed by atoms with Crippen LogP contribution in [0.2, 0.25) is 0 Å². The molecule has 2 rings (SSSR count). The van der Waals surface area contributed by atoms with Crippen molar-refractivity contribution in [3.63, 3.8) is 0 Å². The van der Waals surface area contributed by atoms with Crippen LogP contribution in [-0.2, 0) is 16.0 Å². The fraction of sp³-hybridized carbons (Fsp3) is 0.615. The number of H-pyrrole nitrogens is 1. The number of aromatic nitrogens is 2. The molecule has 2 heterocycles. The largest absolute Gasteiger partial charge is 0.348 e. The summed E-state index contributed by atoms with van der Waals surface area (Å²) >= 11 is 0. The van der Waals surface area contributed by atoms with E-state index in [2.05, 4.69) is 9.97 Å². The van der Waals surface area contributed by atoms with Crippen LogP contribution in [0.25, 0.3) is 0 Å². The van der Waals surface area contributed by atoms with E-state index in [9.17, 15) is 9.59 Å². The van der Waals surface area contributed by atoms with Crippen LogP contribution in [0.15, 0.2) is 12.5 Å². The van der Waals surface area contributed by atoms with Gasteiger partial charge in [-0.25, -0.2) is 4.98 Å². The molecule has 0 aromatic carbocycles. The average Bonchev–Trinajstić information content (AvgIpc) is 2.87. The monoisotopic (exact) mass is 249 g/mol. The zero-order valence-corrected chi connectivity index (χ0v) is 11.1.